The number of amides is 2. The number of primary amides is 1. The number of aromatic nitrogens is 1. The Labute approximate surface area is 122 Å². The van der Waals surface area contributed by atoms with Gasteiger partial charge in [0.25, 0.3) is 0 Å². The first-order valence-corrected chi connectivity index (χ1v) is 7.10. The van der Waals surface area contributed by atoms with E-state index in [0.29, 0.717) is 12.8 Å². The zero-order valence-corrected chi connectivity index (χ0v) is 11.6. The zero-order chi connectivity index (χ0) is 15.0. The topological polar surface area (TPSA) is 76.3 Å². The van der Waals surface area contributed by atoms with E-state index in [1.807, 2.05) is 0 Å². The van der Waals surface area contributed by atoms with Gasteiger partial charge in [0.2, 0.25) is 11.8 Å². The number of carbonyl (C=O) groups excluding carboxylic acids is 2. The highest BCUT2D eigenvalue weighted by Crippen LogP contribution is 2.47. The SMILES string of the molecule is NC(=O)C1CC2(C[CH]CCC2)C(=O)N1c1cc(F)ccn1. The van der Waals surface area contributed by atoms with Crippen LogP contribution in [0.1, 0.15) is 32.1 Å². The summed E-state index contributed by atoms with van der Waals surface area (Å²) in [5.41, 5.74) is 4.87. The molecule has 1 aromatic heterocycles. The van der Waals surface area contributed by atoms with Crippen LogP contribution in [-0.2, 0) is 9.59 Å². The molecule has 3 rings (SSSR count). The molecule has 2 fully saturated rings. The lowest BCUT2D eigenvalue weighted by Crippen LogP contribution is -2.43. The van der Waals surface area contributed by atoms with Gasteiger partial charge in [0.1, 0.15) is 17.7 Å². The lowest BCUT2D eigenvalue weighted by atomic mass is 9.72. The van der Waals surface area contributed by atoms with Crippen LogP contribution in [0.4, 0.5) is 10.2 Å². The molecule has 111 valence electrons. The first-order chi connectivity index (χ1) is 10.0. The Morgan fingerprint density at radius 2 is 2.33 bits per heavy atom. The Morgan fingerprint density at radius 1 is 1.52 bits per heavy atom. The Hall–Kier alpha value is -1.98. The lowest BCUT2D eigenvalue weighted by Gasteiger charge is -2.30. The molecule has 2 unspecified atom stereocenters. The van der Waals surface area contributed by atoms with Crippen LogP contribution in [0.25, 0.3) is 0 Å². The summed E-state index contributed by atoms with van der Waals surface area (Å²) in [6.45, 7) is 0. The van der Waals surface area contributed by atoms with Gasteiger partial charge < -0.3 is 5.73 Å². The minimum Gasteiger partial charge on any atom is -0.368 e. The lowest BCUT2D eigenvalue weighted by molar-refractivity contribution is -0.126. The van der Waals surface area contributed by atoms with E-state index in [1.165, 1.54) is 23.2 Å². The zero-order valence-electron chi connectivity index (χ0n) is 11.6. The van der Waals surface area contributed by atoms with Gasteiger partial charge in [-0.25, -0.2) is 9.37 Å². The second-order valence-electron chi connectivity index (χ2n) is 5.80. The quantitative estimate of drug-likeness (QED) is 0.898. The molecule has 2 heterocycles. The van der Waals surface area contributed by atoms with E-state index in [-0.39, 0.29) is 11.7 Å². The molecular weight excluding hydrogens is 273 g/mol. The minimum atomic E-state index is -0.752. The normalized spacial score (nSPS) is 24.5. The summed E-state index contributed by atoms with van der Waals surface area (Å²) in [5, 5.41) is 0. The van der Waals surface area contributed by atoms with Crippen LogP contribution in [-0.4, -0.2) is 22.8 Å². The summed E-state index contributed by atoms with van der Waals surface area (Å²) in [6.07, 6.45) is 7.03. The second kappa shape index (κ2) is 5.09. The van der Waals surface area contributed by atoms with Crippen LogP contribution in [0, 0.1) is 17.7 Å². The van der Waals surface area contributed by atoms with Gasteiger partial charge in [0, 0.05) is 12.3 Å². The van der Waals surface area contributed by atoms with Crippen molar-refractivity contribution in [2.75, 3.05) is 4.90 Å². The van der Waals surface area contributed by atoms with Crippen molar-refractivity contribution in [3.05, 3.63) is 30.6 Å². The van der Waals surface area contributed by atoms with Crippen molar-refractivity contribution >= 4 is 17.6 Å². The van der Waals surface area contributed by atoms with Crippen LogP contribution >= 0.6 is 0 Å². The number of halogens is 1. The molecule has 1 aromatic rings. The highest BCUT2D eigenvalue weighted by Gasteiger charge is 2.54. The molecule has 1 saturated carbocycles. The highest BCUT2D eigenvalue weighted by atomic mass is 19.1. The monoisotopic (exact) mass is 290 g/mol. The maximum Gasteiger partial charge on any atom is 0.240 e. The maximum absolute atomic E-state index is 13.4. The van der Waals surface area contributed by atoms with Crippen molar-refractivity contribution in [1.29, 1.82) is 0 Å². The molecule has 2 aliphatic rings. The van der Waals surface area contributed by atoms with Gasteiger partial charge in [-0.05, 0) is 31.7 Å². The number of hydrogen-bond donors (Lipinski definition) is 1. The van der Waals surface area contributed by atoms with E-state index in [4.69, 9.17) is 5.73 Å². The molecule has 2 N–H and O–H groups in total. The van der Waals surface area contributed by atoms with Crippen LogP contribution in [0.2, 0.25) is 0 Å². The van der Waals surface area contributed by atoms with Gasteiger partial charge >= 0.3 is 0 Å². The number of hydrogen-bond acceptors (Lipinski definition) is 3. The van der Waals surface area contributed by atoms with Crippen LogP contribution in [0.3, 0.4) is 0 Å². The molecule has 2 amide bonds. The third-order valence-corrected chi connectivity index (χ3v) is 4.45. The average molecular weight is 290 g/mol. The third-order valence-electron chi connectivity index (χ3n) is 4.45. The first-order valence-electron chi connectivity index (χ1n) is 7.10. The van der Waals surface area contributed by atoms with E-state index in [1.54, 1.807) is 0 Å². The first kappa shape index (κ1) is 14.0. The standard InChI is InChI=1S/C15H17FN3O2/c16-10-4-7-18-12(8-10)19-11(13(17)20)9-15(14(19)21)5-2-1-3-6-15/h2,4,7-8,11H,1,3,5-6,9H2,(H2,17,20). The van der Waals surface area contributed by atoms with Gasteiger partial charge in [-0.2, -0.15) is 0 Å². The van der Waals surface area contributed by atoms with Gasteiger partial charge in [-0.15, -0.1) is 0 Å². The number of anilines is 1. The van der Waals surface area contributed by atoms with Crippen molar-refractivity contribution in [1.82, 2.24) is 4.98 Å². The molecule has 1 spiro atoms. The highest BCUT2D eigenvalue weighted by molar-refractivity contribution is 6.06. The fourth-order valence-corrected chi connectivity index (χ4v) is 3.41. The van der Waals surface area contributed by atoms with Crippen LogP contribution in [0.15, 0.2) is 18.3 Å². The van der Waals surface area contributed by atoms with Crippen molar-refractivity contribution in [3.63, 3.8) is 0 Å². The summed E-state index contributed by atoms with van der Waals surface area (Å²) in [5.74, 6) is -1.07. The Balaban J connectivity index is 2.00. The van der Waals surface area contributed by atoms with Crippen LogP contribution in [0.5, 0.6) is 0 Å². The summed E-state index contributed by atoms with van der Waals surface area (Å²) in [7, 11) is 0. The second-order valence-corrected chi connectivity index (χ2v) is 5.80. The van der Waals surface area contributed by atoms with E-state index < -0.39 is 23.2 Å². The van der Waals surface area contributed by atoms with E-state index in [2.05, 4.69) is 11.4 Å². The molecule has 6 heteroatoms. The molecule has 0 aromatic carbocycles. The van der Waals surface area contributed by atoms with Gasteiger partial charge in [-0.1, -0.05) is 12.8 Å². The number of rotatable bonds is 2. The number of pyridine rings is 1. The Bertz CT molecular complexity index is 584. The molecule has 1 radical (unpaired) electrons. The number of carbonyl (C=O) groups is 2. The Morgan fingerprint density at radius 3 is 2.95 bits per heavy atom. The summed E-state index contributed by atoms with van der Waals surface area (Å²) < 4.78 is 13.4. The number of nitrogens with two attached hydrogens (primary N) is 1. The van der Waals surface area contributed by atoms with Crippen LogP contribution < -0.4 is 10.6 Å². The maximum atomic E-state index is 13.4. The molecule has 1 aliphatic carbocycles. The molecule has 1 saturated heterocycles. The fourth-order valence-electron chi connectivity index (χ4n) is 3.41. The van der Waals surface area contributed by atoms with Crippen molar-refractivity contribution < 1.29 is 14.0 Å². The van der Waals surface area contributed by atoms with Crippen molar-refractivity contribution in [3.8, 4) is 0 Å². The van der Waals surface area contributed by atoms with E-state index in [9.17, 15) is 14.0 Å². The summed E-state index contributed by atoms with van der Waals surface area (Å²) in [6, 6.07) is 1.62. The summed E-state index contributed by atoms with van der Waals surface area (Å²) >= 11 is 0. The van der Waals surface area contributed by atoms with Crippen molar-refractivity contribution in [2.45, 2.75) is 38.1 Å². The average Bonchev–Trinajstić information content (AvgIpc) is 2.74. The fraction of sp³-hybridized carbons (Fsp3) is 0.467. The Kier molecular flexibility index (Phi) is 3.39. The molecular formula is C15H17FN3O2. The predicted molar refractivity (Wildman–Crippen MR) is 74.5 cm³/mol. The molecule has 21 heavy (non-hydrogen) atoms. The molecule has 0 bridgehead atoms. The minimum absolute atomic E-state index is 0.159. The molecule has 1 aliphatic heterocycles. The summed E-state index contributed by atoms with van der Waals surface area (Å²) in [4.78, 5) is 29.9. The van der Waals surface area contributed by atoms with Gasteiger partial charge in [0.15, 0.2) is 0 Å². The van der Waals surface area contributed by atoms with E-state index >= 15 is 0 Å². The smallest absolute Gasteiger partial charge is 0.240 e. The number of nitrogens with zero attached hydrogens (tertiary/aromatic N) is 2. The van der Waals surface area contributed by atoms with E-state index in [0.717, 1.165) is 19.3 Å². The van der Waals surface area contributed by atoms with Gasteiger partial charge in [0.05, 0.1) is 5.41 Å². The predicted octanol–water partition coefficient (Wildman–Crippen LogP) is 1.58. The largest absolute Gasteiger partial charge is 0.368 e. The molecule has 2 atom stereocenters. The third kappa shape index (κ3) is 2.28. The van der Waals surface area contributed by atoms with Crippen molar-refractivity contribution in [2.24, 2.45) is 11.1 Å². The molecule has 5 nitrogen and oxygen atoms in total. The van der Waals surface area contributed by atoms with Gasteiger partial charge in [-0.3, -0.25) is 14.5 Å².